The Kier molecular flexibility index (Phi) is 6.56. The van der Waals surface area contributed by atoms with Crippen LogP contribution in [0.4, 0.5) is 0 Å². The Morgan fingerprint density at radius 2 is 1.57 bits per heavy atom. The number of carbonyl (C=O) groups excluding carboxylic acids is 3. The zero-order chi connectivity index (χ0) is 16.2. The van der Waals surface area contributed by atoms with Crippen LogP contribution in [0.15, 0.2) is 0 Å². The summed E-state index contributed by atoms with van der Waals surface area (Å²) in [4.78, 5) is 32.5. The van der Waals surface area contributed by atoms with E-state index < -0.39 is 47.3 Å². The van der Waals surface area contributed by atoms with Crippen molar-refractivity contribution in [3.8, 4) is 0 Å². The van der Waals surface area contributed by atoms with Crippen molar-refractivity contribution < 1.29 is 38.4 Å². The maximum Gasteiger partial charge on any atom is 0.303 e. The van der Waals surface area contributed by atoms with Gasteiger partial charge in [-0.1, -0.05) is 15.9 Å². The highest BCUT2D eigenvalue weighted by atomic mass is 79.9. The second-order valence-electron chi connectivity index (χ2n) is 4.46. The van der Waals surface area contributed by atoms with Crippen LogP contribution in [0.25, 0.3) is 0 Å². The molecular formula is C12H17BrO8. The number of ether oxygens (including phenoxy) is 4. The molecule has 0 saturated carbocycles. The monoisotopic (exact) mass is 368 g/mol. The van der Waals surface area contributed by atoms with Crippen molar-refractivity contribution in [3.63, 3.8) is 0 Å². The minimum absolute atomic E-state index is 0.248. The van der Waals surface area contributed by atoms with Gasteiger partial charge in [-0.25, -0.2) is 0 Å². The van der Waals surface area contributed by atoms with Gasteiger partial charge in [0.25, 0.3) is 0 Å². The molecule has 9 heteroatoms. The number of alkyl halides is 1. The van der Waals surface area contributed by atoms with Gasteiger partial charge in [0.15, 0.2) is 18.5 Å². The van der Waals surface area contributed by atoms with Crippen LogP contribution in [0.2, 0.25) is 0 Å². The summed E-state index contributed by atoms with van der Waals surface area (Å²) in [7, 11) is 0. The molecule has 0 aromatic heterocycles. The third-order valence-corrected chi connectivity index (χ3v) is 3.62. The van der Waals surface area contributed by atoms with E-state index in [0.29, 0.717) is 0 Å². The summed E-state index contributed by atoms with van der Waals surface area (Å²) in [5.74, 6) is -1.79. The molecule has 1 aliphatic heterocycles. The lowest BCUT2D eigenvalue weighted by molar-refractivity contribution is -0.248. The molecule has 0 unspecified atom stereocenters. The SMILES string of the molecule is CC(=O)OC[C@H]1O[C@H](O)[C@@H](Br)[C@@H](OC(C)=O)[C@@H]1OC(C)=O. The van der Waals surface area contributed by atoms with Crippen LogP contribution in [0.5, 0.6) is 0 Å². The Bertz CT molecular complexity index is 412. The van der Waals surface area contributed by atoms with Crippen LogP contribution < -0.4 is 0 Å². The van der Waals surface area contributed by atoms with Crippen molar-refractivity contribution in [2.75, 3.05) is 6.61 Å². The van der Waals surface area contributed by atoms with E-state index in [1.165, 1.54) is 20.8 Å². The highest BCUT2D eigenvalue weighted by Gasteiger charge is 2.48. The molecule has 0 aromatic carbocycles. The molecule has 1 fully saturated rings. The number of aliphatic hydroxyl groups is 1. The molecule has 1 aliphatic rings. The summed E-state index contributed by atoms with van der Waals surface area (Å²) >= 11 is 3.14. The van der Waals surface area contributed by atoms with E-state index in [0.717, 1.165) is 0 Å². The van der Waals surface area contributed by atoms with E-state index in [4.69, 9.17) is 18.9 Å². The summed E-state index contributed by atoms with van der Waals surface area (Å²) in [5, 5.41) is 9.81. The molecule has 1 heterocycles. The van der Waals surface area contributed by atoms with Crippen LogP contribution in [0.1, 0.15) is 20.8 Å². The van der Waals surface area contributed by atoms with Gasteiger partial charge in [-0.2, -0.15) is 0 Å². The minimum atomic E-state index is -1.32. The number of hydrogen-bond donors (Lipinski definition) is 1. The summed E-state index contributed by atoms with van der Waals surface area (Å²) in [6.45, 7) is 3.33. The molecule has 0 aliphatic carbocycles. The number of carbonyl (C=O) groups is 3. The fourth-order valence-electron chi connectivity index (χ4n) is 1.88. The Balaban J connectivity index is 2.94. The first-order chi connectivity index (χ1) is 9.72. The van der Waals surface area contributed by atoms with E-state index in [-0.39, 0.29) is 6.61 Å². The minimum Gasteiger partial charge on any atom is -0.463 e. The molecule has 5 atom stereocenters. The van der Waals surface area contributed by atoms with Crippen molar-refractivity contribution in [1.29, 1.82) is 0 Å². The lowest BCUT2D eigenvalue weighted by atomic mass is 10.0. The first-order valence-corrected chi connectivity index (χ1v) is 7.09. The lowest BCUT2D eigenvalue weighted by Gasteiger charge is -2.41. The van der Waals surface area contributed by atoms with Crippen LogP contribution >= 0.6 is 15.9 Å². The summed E-state index contributed by atoms with van der Waals surface area (Å²) in [6.07, 6.45) is -4.26. The van der Waals surface area contributed by atoms with Gasteiger partial charge in [0.2, 0.25) is 0 Å². The molecule has 21 heavy (non-hydrogen) atoms. The third-order valence-electron chi connectivity index (χ3n) is 2.65. The first-order valence-electron chi connectivity index (χ1n) is 6.17. The first kappa shape index (κ1) is 17.9. The molecule has 120 valence electrons. The van der Waals surface area contributed by atoms with Gasteiger partial charge in [-0.3, -0.25) is 14.4 Å². The van der Waals surface area contributed by atoms with Crippen LogP contribution in [-0.4, -0.2) is 59.1 Å². The Hall–Kier alpha value is -1.19. The van der Waals surface area contributed by atoms with Crippen molar-refractivity contribution in [3.05, 3.63) is 0 Å². The quantitative estimate of drug-likeness (QED) is 0.416. The normalized spacial score (nSPS) is 32.1. The number of aliphatic hydroxyl groups excluding tert-OH is 1. The second kappa shape index (κ2) is 7.71. The van der Waals surface area contributed by atoms with Gasteiger partial charge in [-0.05, 0) is 0 Å². The molecule has 1 N–H and O–H groups in total. The Morgan fingerprint density at radius 3 is 2.05 bits per heavy atom. The zero-order valence-electron chi connectivity index (χ0n) is 11.8. The third kappa shape index (κ3) is 5.25. The topological polar surface area (TPSA) is 108 Å². The van der Waals surface area contributed by atoms with Gasteiger partial charge < -0.3 is 24.1 Å². The average Bonchev–Trinajstić information content (AvgIpc) is 2.35. The molecule has 8 nitrogen and oxygen atoms in total. The Morgan fingerprint density at radius 1 is 1.05 bits per heavy atom. The number of halogens is 1. The average molecular weight is 369 g/mol. The predicted molar refractivity (Wildman–Crippen MR) is 71.3 cm³/mol. The summed E-state index contributed by atoms with van der Waals surface area (Å²) in [6, 6.07) is 0. The standard InChI is InChI=1S/C12H17BrO8/c1-5(14)18-4-8-10(19-6(2)15)11(20-7(3)16)9(13)12(17)21-8/h8-12,17H,4H2,1-3H3/t8-,9+,10-,11-,12+/m1/s1. The van der Waals surface area contributed by atoms with E-state index in [1.807, 2.05) is 0 Å². The van der Waals surface area contributed by atoms with Crippen molar-refractivity contribution >= 4 is 33.8 Å². The van der Waals surface area contributed by atoms with E-state index >= 15 is 0 Å². The number of hydrogen-bond acceptors (Lipinski definition) is 8. The molecule has 1 rings (SSSR count). The van der Waals surface area contributed by atoms with Gasteiger partial charge >= 0.3 is 17.9 Å². The fourth-order valence-corrected chi connectivity index (χ4v) is 2.41. The molecule has 0 aromatic rings. The van der Waals surface area contributed by atoms with Gasteiger partial charge in [-0.15, -0.1) is 0 Å². The molecule has 0 spiro atoms. The van der Waals surface area contributed by atoms with Gasteiger partial charge in [0.1, 0.15) is 17.5 Å². The molecular weight excluding hydrogens is 352 g/mol. The second-order valence-corrected chi connectivity index (χ2v) is 5.52. The predicted octanol–water partition coefficient (Wildman–Crippen LogP) is -0.106. The summed E-state index contributed by atoms with van der Waals surface area (Å²) < 4.78 is 20.2. The van der Waals surface area contributed by atoms with E-state index in [1.54, 1.807) is 0 Å². The van der Waals surface area contributed by atoms with Crippen LogP contribution in [0.3, 0.4) is 0 Å². The Labute approximate surface area is 129 Å². The molecule has 1 saturated heterocycles. The smallest absolute Gasteiger partial charge is 0.303 e. The molecule has 0 radical (unpaired) electrons. The van der Waals surface area contributed by atoms with E-state index in [2.05, 4.69) is 15.9 Å². The van der Waals surface area contributed by atoms with Crippen molar-refractivity contribution in [2.45, 2.75) is 50.2 Å². The maximum atomic E-state index is 11.2. The molecule has 0 amide bonds. The number of esters is 3. The van der Waals surface area contributed by atoms with Crippen molar-refractivity contribution in [1.82, 2.24) is 0 Å². The number of rotatable bonds is 4. The molecule has 0 bridgehead atoms. The van der Waals surface area contributed by atoms with Crippen molar-refractivity contribution in [2.24, 2.45) is 0 Å². The highest BCUT2D eigenvalue weighted by Crippen LogP contribution is 2.30. The van der Waals surface area contributed by atoms with E-state index in [9.17, 15) is 19.5 Å². The van der Waals surface area contributed by atoms with Crippen LogP contribution in [0, 0.1) is 0 Å². The fraction of sp³-hybridized carbons (Fsp3) is 0.750. The highest BCUT2D eigenvalue weighted by molar-refractivity contribution is 9.09. The lowest BCUT2D eigenvalue weighted by Crippen LogP contribution is -2.59. The largest absolute Gasteiger partial charge is 0.463 e. The van der Waals surface area contributed by atoms with Gasteiger partial charge in [0.05, 0.1) is 0 Å². The van der Waals surface area contributed by atoms with Crippen LogP contribution in [-0.2, 0) is 33.3 Å². The summed E-state index contributed by atoms with van der Waals surface area (Å²) in [5.41, 5.74) is 0. The van der Waals surface area contributed by atoms with Gasteiger partial charge in [0, 0.05) is 20.8 Å². The maximum absolute atomic E-state index is 11.2. The zero-order valence-corrected chi connectivity index (χ0v) is 13.4.